The molecule has 1 atom stereocenters. The van der Waals surface area contributed by atoms with Gasteiger partial charge in [-0.2, -0.15) is 0 Å². The van der Waals surface area contributed by atoms with Gasteiger partial charge in [-0.25, -0.2) is 0 Å². The standard InChI is InChI=1S/C19H24/c1-13(2)19(17-11-7-6-9-15(17)4)18-12-8-10-14(3)16(18)5/h6-13,19H,1-5H3. The molecule has 2 aromatic rings. The maximum atomic E-state index is 2.32. The molecule has 0 heteroatoms. The van der Waals surface area contributed by atoms with Crippen LogP contribution in [0.15, 0.2) is 42.5 Å². The van der Waals surface area contributed by atoms with E-state index in [4.69, 9.17) is 0 Å². The Balaban J connectivity index is 2.59. The van der Waals surface area contributed by atoms with Crippen molar-refractivity contribution < 1.29 is 0 Å². The summed E-state index contributed by atoms with van der Waals surface area (Å²) in [6.45, 7) is 11.3. The Kier molecular flexibility index (Phi) is 4.09. The number of hydrogen-bond donors (Lipinski definition) is 0. The Labute approximate surface area is 117 Å². The van der Waals surface area contributed by atoms with E-state index in [9.17, 15) is 0 Å². The highest BCUT2D eigenvalue weighted by molar-refractivity contribution is 5.43. The van der Waals surface area contributed by atoms with Crippen LogP contribution in [-0.2, 0) is 0 Å². The highest BCUT2D eigenvalue weighted by Gasteiger charge is 2.21. The van der Waals surface area contributed by atoms with E-state index in [1.165, 1.54) is 27.8 Å². The minimum Gasteiger partial charge on any atom is -0.0620 e. The Hall–Kier alpha value is -1.56. The van der Waals surface area contributed by atoms with Crippen molar-refractivity contribution in [3.05, 3.63) is 70.3 Å². The second-order valence-electron chi connectivity index (χ2n) is 5.87. The maximum absolute atomic E-state index is 2.32. The monoisotopic (exact) mass is 252 g/mol. The molecular weight excluding hydrogens is 228 g/mol. The lowest BCUT2D eigenvalue weighted by Gasteiger charge is -2.26. The first-order chi connectivity index (χ1) is 9.02. The maximum Gasteiger partial charge on any atom is 0.0118 e. The first-order valence-corrected chi connectivity index (χ1v) is 7.14. The molecule has 0 nitrogen and oxygen atoms in total. The molecule has 0 aromatic heterocycles. The van der Waals surface area contributed by atoms with Gasteiger partial charge in [0, 0.05) is 5.92 Å². The van der Waals surface area contributed by atoms with Gasteiger partial charge < -0.3 is 0 Å². The zero-order valence-electron chi connectivity index (χ0n) is 12.7. The van der Waals surface area contributed by atoms with Crippen LogP contribution in [0.5, 0.6) is 0 Å². The summed E-state index contributed by atoms with van der Waals surface area (Å²) in [5, 5.41) is 0. The molecule has 0 aliphatic heterocycles. The summed E-state index contributed by atoms with van der Waals surface area (Å²) in [6.07, 6.45) is 0. The largest absolute Gasteiger partial charge is 0.0620 e. The van der Waals surface area contributed by atoms with Gasteiger partial charge in [0.15, 0.2) is 0 Å². The van der Waals surface area contributed by atoms with E-state index in [1.807, 2.05) is 0 Å². The number of hydrogen-bond acceptors (Lipinski definition) is 0. The fraction of sp³-hybridized carbons (Fsp3) is 0.368. The molecule has 0 fully saturated rings. The van der Waals surface area contributed by atoms with Crippen molar-refractivity contribution in [1.29, 1.82) is 0 Å². The molecule has 1 unspecified atom stereocenters. The van der Waals surface area contributed by atoms with Crippen LogP contribution in [0.25, 0.3) is 0 Å². The molecule has 0 N–H and O–H groups in total. The zero-order chi connectivity index (χ0) is 14.0. The van der Waals surface area contributed by atoms with E-state index >= 15 is 0 Å². The van der Waals surface area contributed by atoms with Gasteiger partial charge in [0.25, 0.3) is 0 Å². The summed E-state index contributed by atoms with van der Waals surface area (Å²) in [7, 11) is 0. The molecule has 19 heavy (non-hydrogen) atoms. The summed E-state index contributed by atoms with van der Waals surface area (Å²) in [5.41, 5.74) is 7.15. The highest BCUT2D eigenvalue weighted by Crippen LogP contribution is 2.36. The minimum atomic E-state index is 0.487. The number of benzene rings is 2. The normalized spacial score (nSPS) is 12.7. The molecule has 100 valence electrons. The van der Waals surface area contributed by atoms with Gasteiger partial charge >= 0.3 is 0 Å². The lowest BCUT2D eigenvalue weighted by Crippen LogP contribution is -2.12. The van der Waals surface area contributed by atoms with Gasteiger partial charge in [0.1, 0.15) is 0 Å². The van der Waals surface area contributed by atoms with Crippen LogP contribution in [0, 0.1) is 26.7 Å². The average Bonchev–Trinajstić information content (AvgIpc) is 2.37. The van der Waals surface area contributed by atoms with Crippen molar-refractivity contribution in [1.82, 2.24) is 0 Å². The third kappa shape index (κ3) is 2.73. The second-order valence-corrected chi connectivity index (χ2v) is 5.87. The highest BCUT2D eigenvalue weighted by atomic mass is 14.3. The lowest BCUT2D eigenvalue weighted by molar-refractivity contribution is 0.559. The first-order valence-electron chi connectivity index (χ1n) is 7.14. The lowest BCUT2D eigenvalue weighted by atomic mass is 9.78. The fourth-order valence-corrected chi connectivity index (χ4v) is 2.93. The summed E-state index contributed by atoms with van der Waals surface area (Å²) >= 11 is 0. The van der Waals surface area contributed by atoms with Crippen molar-refractivity contribution in [2.75, 3.05) is 0 Å². The summed E-state index contributed by atoms with van der Waals surface area (Å²) in [6, 6.07) is 15.5. The molecule has 0 amide bonds. The van der Waals surface area contributed by atoms with Gasteiger partial charge in [0.05, 0.1) is 0 Å². The minimum absolute atomic E-state index is 0.487. The van der Waals surface area contributed by atoms with Gasteiger partial charge in [-0.15, -0.1) is 0 Å². The number of aryl methyl sites for hydroxylation is 2. The zero-order valence-corrected chi connectivity index (χ0v) is 12.7. The molecule has 0 saturated heterocycles. The third-order valence-electron chi connectivity index (χ3n) is 4.17. The van der Waals surface area contributed by atoms with Gasteiger partial charge in [-0.05, 0) is 54.5 Å². The molecule has 2 rings (SSSR count). The average molecular weight is 252 g/mol. The van der Waals surface area contributed by atoms with E-state index in [1.54, 1.807) is 0 Å². The Morgan fingerprint density at radius 1 is 0.684 bits per heavy atom. The van der Waals surface area contributed by atoms with Crippen molar-refractivity contribution in [3.8, 4) is 0 Å². The molecular formula is C19H24. The van der Waals surface area contributed by atoms with E-state index in [0.29, 0.717) is 11.8 Å². The molecule has 0 radical (unpaired) electrons. The molecule has 0 aliphatic rings. The van der Waals surface area contributed by atoms with Crippen LogP contribution in [0.2, 0.25) is 0 Å². The van der Waals surface area contributed by atoms with E-state index < -0.39 is 0 Å². The molecule has 0 spiro atoms. The molecule has 0 saturated carbocycles. The molecule has 0 bridgehead atoms. The third-order valence-corrected chi connectivity index (χ3v) is 4.17. The molecule has 0 aliphatic carbocycles. The number of rotatable bonds is 3. The Morgan fingerprint density at radius 3 is 1.89 bits per heavy atom. The van der Waals surface area contributed by atoms with E-state index in [-0.39, 0.29) is 0 Å². The van der Waals surface area contributed by atoms with Gasteiger partial charge in [-0.3, -0.25) is 0 Å². The second kappa shape index (κ2) is 5.61. The van der Waals surface area contributed by atoms with Crippen LogP contribution in [0.1, 0.15) is 47.6 Å². The van der Waals surface area contributed by atoms with Crippen LogP contribution in [0.4, 0.5) is 0 Å². The van der Waals surface area contributed by atoms with Crippen LogP contribution >= 0.6 is 0 Å². The van der Waals surface area contributed by atoms with Crippen molar-refractivity contribution in [3.63, 3.8) is 0 Å². The van der Waals surface area contributed by atoms with E-state index in [0.717, 1.165) is 0 Å². The van der Waals surface area contributed by atoms with Gasteiger partial charge in [0.2, 0.25) is 0 Å². The Bertz CT molecular complexity index is 564. The van der Waals surface area contributed by atoms with Crippen LogP contribution in [0.3, 0.4) is 0 Å². The van der Waals surface area contributed by atoms with Gasteiger partial charge in [-0.1, -0.05) is 56.3 Å². The summed E-state index contributed by atoms with van der Waals surface area (Å²) in [4.78, 5) is 0. The van der Waals surface area contributed by atoms with Crippen molar-refractivity contribution in [2.45, 2.75) is 40.5 Å². The van der Waals surface area contributed by atoms with Crippen molar-refractivity contribution >= 4 is 0 Å². The predicted octanol–water partition coefficient (Wildman–Crippen LogP) is 5.40. The smallest absolute Gasteiger partial charge is 0.0118 e. The summed E-state index contributed by atoms with van der Waals surface area (Å²) in [5.74, 6) is 1.09. The first kappa shape index (κ1) is 13.9. The summed E-state index contributed by atoms with van der Waals surface area (Å²) < 4.78 is 0. The van der Waals surface area contributed by atoms with Crippen LogP contribution in [-0.4, -0.2) is 0 Å². The van der Waals surface area contributed by atoms with Crippen LogP contribution < -0.4 is 0 Å². The predicted molar refractivity (Wildman–Crippen MR) is 83.8 cm³/mol. The SMILES string of the molecule is Cc1ccccc1C(c1cccc(C)c1C)C(C)C. The van der Waals surface area contributed by atoms with E-state index in [2.05, 4.69) is 77.1 Å². The van der Waals surface area contributed by atoms with Crippen molar-refractivity contribution in [2.24, 2.45) is 5.92 Å². The Morgan fingerprint density at radius 2 is 1.26 bits per heavy atom. The quantitative estimate of drug-likeness (QED) is 0.686. The molecule has 0 heterocycles. The fourth-order valence-electron chi connectivity index (χ4n) is 2.93. The topological polar surface area (TPSA) is 0 Å². The molecule has 2 aromatic carbocycles.